The van der Waals surface area contributed by atoms with Crippen LogP contribution in [0.1, 0.15) is 0 Å². The molecule has 0 heterocycles. The molecule has 0 N–H and O–H groups in total. The molecule has 0 aliphatic heterocycles. The monoisotopic (exact) mass is 554 g/mol. The number of amides is 4. The molecule has 0 aromatic heterocycles. The number of hydrogen-bond acceptors (Lipinski definition) is 2. The fourth-order valence-electron chi connectivity index (χ4n) is 4.81. The number of benzene rings is 5. The third-order valence-electron chi connectivity index (χ3n) is 7.50. The van der Waals surface area contributed by atoms with Crippen LogP contribution in [0.5, 0.6) is 0 Å². The predicted octanol–water partition coefficient (Wildman–Crippen LogP) is 8.41. The number of carbonyl (C=O) groups excluding carboxylic acids is 2. The molecule has 0 spiro atoms. The standard InChI is InChI=1S/C36H34N4O2/c1-37(31-19-15-29(16-20-31)27-11-7-5-8-12-27)35(41)39(3)33-23-25-34(26-24-33)40(4)36(42)38(2)32-21-17-30(18-22-32)28-13-9-6-10-14-28/h5-26H,1-4H3. The van der Waals surface area contributed by atoms with E-state index >= 15 is 0 Å². The molecule has 5 aromatic rings. The number of anilines is 4. The summed E-state index contributed by atoms with van der Waals surface area (Å²) in [6.07, 6.45) is 0. The van der Waals surface area contributed by atoms with E-state index in [0.29, 0.717) is 0 Å². The third-order valence-corrected chi connectivity index (χ3v) is 7.50. The van der Waals surface area contributed by atoms with Crippen molar-refractivity contribution in [2.45, 2.75) is 0 Å². The zero-order chi connectivity index (χ0) is 29.6. The Morgan fingerprint density at radius 3 is 0.810 bits per heavy atom. The Bertz CT molecular complexity index is 1510. The zero-order valence-electron chi connectivity index (χ0n) is 24.3. The van der Waals surface area contributed by atoms with Gasteiger partial charge >= 0.3 is 12.1 Å². The Balaban J connectivity index is 1.22. The van der Waals surface area contributed by atoms with Gasteiger partial charge in [-0.3, -0.25) is 19.6 Å². The fourth-order valence-corrected chi connectivity index (χ4v) is 4.81. The van der Waals surface area contributed by atoms with Gasteiger partial charge in [0.25, 0.3) is 0 Å². The van der Waals surface area contributed by atoms with E-state index in [1.165, 1.54) is 0 Å². The molecule has 0 saturated carbocycles. The number of hydrogen-bond donors (Lipinski definition) is 0. The van der Waals surface area contributed by atoms with Crippen molar-refractivity contribution < 1.29 is 9.59 Å². The van der Waals surface area contributed by atoms with Crippen molar-refractivity contribution in [2.75, 3.05) is 47.8 Å². The molecule has 0 aliphatic carbocycles. The summed E-state index contributed by atoms with van der Waals surface area (Å²) in [6, 6.07) is 43.2. The van der Waals surface area contributed by atoms with Crippen molar-refractivity contribution in [1.29, 1.82) is 0 Å². The van der Waals surface area contributed by atoms with Crippen LogP contribution in [0.3, 0.4) is 0 Å². The van der Waals surface area contributed by atoms with Gasteiger partial charge in [-0.25, -0.2) is 9.59 Å². The van der Waals surface area contributed by atoms with Gasteiger partial charge in [-0.2, -0.15) is 0 Å². The van der Waals surface area contributed by atoms with Crippen LogP contribution in [0.2, 0.25) is 0 Å². The van der Waals surface area contributed by atoms with E-state index in [9.17, 15) is 9.59 Å². The van der Waals surface area contributed by atoms with E-state index in [1.54, 1.807) is 47.8 Å². The number of nitrogens with zero attached hydrogens (tertiary/aromatic N) is 4. The van der Waals surface area contributed by atoms with Gasteiger partial charge < -0.3 is 0 Å². The molecule has 5 aromatic carbocycles. The van der Waals surface area contributed by atoms with E-state index in [0.717, 1.165) is 45.0 Å². The van der Waals surface area contributed by atoms with Crippen LogP contribution >= 0.6 is 0 Å². The van der Waals surface area contributed by atoms with Crippen LogP contribution in [0.4, 0.5) is 32.3 Å². The van der Waals surface area contributed by atoms with Gasteiger partial charge in [-0.15, -0.1) is 0 Å². The van der Waals surface area contributed by atoms with Crippen LogP contribution in [-0.2, 0) is 0 Å². The first kappa shape index (κ1) is 28.2. The quantitative estimate of drug-likeness (QED) is 0.212. The fraction of sp³-hybridized carbons (Fsp3) is 0.111. The van der Waals surface area contributed by atoms with E-state index in [1.807, 2.05) is 109 Å². The maximum absolute atomic E-state index is 13.3. The summed E-state index contributed by atoms with van der Waals surface area (Å²) >= 11 is 0. The van der Waals surface area contributed by atoms with Crippen molar-refractivity contribution in [3.05, 3.63) is 133 Å². The summed E-state index contributed by atoms with van der Waals surface area (Å²) in [5, 5.41) is 0. The number of carbonyl (C=O) groups is 2. The van der Waals surface area contributed by atoms with E-state index in [2.05, 4.69) is 24.3 Å². The topological polar surface area (TPSA) is 47.1 Å². The van der Waals surface area contributed by atoms with Crippen molar-refractivity contribution >= 4 is 34.8 Å². The largest absolute Gasteiger partial charge is 0.328 e. The lowest BCUT2D eigenvalue weighted by atomic mass is 10.1. The highest BCUT2D eigenvalue weighted by atomic mass is 16.2. The minimum atomic E-state index is -0.168. The highest BCUT2D eigenvalue weighted by Crippen LogP contribution is 2.27. The Morgan fingerprint density at radius 2 is 0.548 bits per heavy atom. The summed E-state index contributed by atoms with van der Waals surface area (Å²) in [5.74, 6) is 0. The molecule has 6 nitrogen and oxygen atoms in total. The molecular weight excluding hydrogens is 520 g/mol. The second-order valence-corrected chi connectivity index (χ2v) is 10.1. The van der Waals surface area contributed by atoms with Crippen molar-refractivity contribution in [2.24, 2.45) is 0 Å². The van der Waals surface area contributed by atoms with Crippen LogP contribution in [-0.4, -0.2) is 40.3 Å². The Kier molecular flexibility index (Phi) is 8.34. The van der Waals surface area contributed by atoms with E-state index < -0.39 is 0 Å². The van der Waals surface area contributed by atoms with E-state index in [4.69, 9.17) is 0 Å². The van der Waals surface area contributed by atoms with Gasteiger partial charge in [0.05, 0.1) is 0 Å². The van der Waals surface area contributed by atoms with Gasteiger partial charge in [0.15, 0.2) is 0 Å². The maximum atomic E-state index is 13.3. The second kappa shape index (κ2) is 12.4. The lowest BCUT2D eigenvalue weighted by molar-refractivity contribution is 0.253. The number of rotatable bonds is 6. The lowest BCUT2D eigenvalue weighted by Crippen LogP contribution is -2.39. The smallest absolute Gasteiger partial charge is 0.297 e. The molecule has 0 aliphatic rings. The van der Waals surface area contributed by atoms with E-state index in [-0.39, 0.29) is 12.1 Å². The molecular formula is C36H34N4O2. The average molecular weight is 555 g/mol. The molecule has 0 bridgehead atoms. The molecule has 4 amide bonds. The molecule has 5 rings (SSSR count). The molecule has 42 heavy (non-hydrogen) atoms. The first-order chi connectivity index (χ1) is 20.3. The van der Waals surface area contributed by atoms with Crippen molar-refractivity contribution in [3.8, 4) is 22.3 Å². The van der Waals surface area contributed by atoms with Crippen LogP contribution in [0.25, 0.3) is 22.3 Å². The van der Waals surface area contributed by atoms with Crippen LogP contribution in [0.15, 0.2) is 133 Å². The van der Waals surface area contributed by atoms with Gasteiger partial charge in [-0.1, -0.05) is 84.9 Å². The Hall–Kier alpha value is -5.36. The molecule has 6 heteroatoms. The lowest BCUT2D eigenvalue weighted by Gasteiger charge is -2.27. The normalized spacial score (nSPS) is 10.6. The summed E-state index contributed by atoms with van der Waals surface area (Å²) in [7, 11) is 7.01. The van der Waals surface area contributed by atoms with Crippen LogP contribution in [0, 0.1) is 0 Å². The molecule has 210 valence electrons. The summed E-state index contributed by atoms with van der Waals surface area (Å²) < 4.78 is 0. The van der Waals surface area contributed by atoms with Gasteiger partial charge in [0, 0.05) is 50.9 Å². The minimum Gasteiger partial charge on any atom is -0.297 e. The zero-order valence-corrected chi connectivity index (χ0v) is 24.3. The highest BCUT2D eigenvalue weighted by molar-refractivity contribution is 6.04. The van der Waals surface area contributed by atoms with Crippen LogP contribution < -0.4 is 19.6 Å². The maximum Gasteiger partial charge on any atom is 0.328 e. The minimum absolute atomic E-state index is 0.168. The molecule has 0 atom stereocenters. The van der Waals surface area contributed by atoms with Crippen molar-refractivity contribution in [1.82, 2.24) is 0 Å². The van der Waals surface area contributed by atoms with Gasteiger partial charge in [0.1, 0.15) is 0 Å². The Labute approximate surface area is 247 Å². The molecule has 0 radical (unpaired) electrons. The van der Waals surface area contributed by atoms with Crippen molar-refractivity contribution in [3.63, 3.8) is 0 Å². The highest BCUT2D eigenvalue weighted by Gasteiger charge is 2.20. The average Bonchev–Trinajstić information content (AvgIpc) is 3.07. The summed E-state index contributed by atoms with van der Waals surface area (Å²) in [4.78, 5) is 33.0. The summed E-state index contributed by atoms with van der Waals surface area (Å²) in [6.45, 7) is 0. The third kappa shape index (κ3) is 6.03. The molecule has 0 fully saturated rings. The SMILES string of the molecule is CN(C(=O)N(C)c1ccc(N(C)C(=O)N(C)c2ccc(-c3ccccc3)cc2)cc1)c1ccc(-c2ccccc2)cc1. The number of urea groups is 2. The second-order valence-electron chi connectivity index (χ2n) is 10.1. The van der Waals surface area contributed by atoms with Gasteiger partial charge in [0.2, 0.25) is 0 Å². The molecule has 0 unspecified atom stereocenters. The molecule has 0 saturated heterocycles. The predicted molar refractivity (Wildman–Crippen MR) is 175 cm³/mol. The summed E-state index contributed by atoms with van der Waals surface area (Å²) in [5.41, 5.74) is 7.50. The van der Waals surface area contributed by atoms with Gasteiger partial charge in [-0.05, 0) is 70.8 Å². The Morgan fingerprint density at radius 1 is 0.333 bits per heavy atom. The first-order valence-corrected chi connectivity index (χ1v) is 13.8. The first-order valence-electron chi connectivity index (χ1n) is 13.8.